The SMILES string of the molecule is NC(=O)CC[C@@H](NC(=O)N1CCCOCC1)C(=O)O. The van der Waals surface area contributed by atoms with Crippen LogP contribution in [0.1, 0.15) is 19.3 Å². The van der Waals surface area contributed by atoms with E-state index in [4.69, 9.17) is 15.6 Å². The van der Waals surface area contributed by atoms with E-state index in [0.717, 1.165) is 0 Å². The van der Waals surface area contributed by atoms with Crippen molar-refractivity contribution in [2.45, 2.75) is 25.3 Å². The number of carboxylic acids is 1. The number of carboxylic acid groups (broad SMARTS) is 1. The van der Waals surface area contributed by atoms with Crippen LogP contribution in [0.3, 0.4) is 0 Å². The molecule has 0 radical (unpaired) electrons. The number of carbonyl (C=O) groups excluding carboxylic acids is 2. The summed E-state index contributed by atoms with van der Waals surface area (Å²) in [6.45, 7) is 1.97. The van der Waals surface area contributed by atoms with E-state index in [1.165, 1.54) is 4.90 Å². The molecule has 0 unspecified atom stereocenters. The maximum Gasteiger partial charge on any atom is 0.326 e. The minimum Gasteiger partial charge on any atom is -0.480 e. The molecule has 3 amide bonds. The van der Waals surface area contributed by atoms with Gasteiger partial charge in [0.2, 0.25) is 5.91 Å². The second-order valence-corrected chi connectivity index (χ2v) is 4.30. The predicted molar refractivity (Wildman–Crippen MR) is 65.4 cm³/mol. The Hall–Kier alpha value is -1.83. The van der Waals surface area contributed by atoms with Crippen molar-refractivity contribution in [3.05, 3.63) is 0 Å². The fourth-order valence-electron chi connectivity index (χ4n) is 1.73. The summed E-state index contributed by atoms with van der Waals surface area (Å²) in [4.78, 5) is 35.0. The Balaban J connectivity index is 2.49. The summed E-state index contributed by atoms with van der Waals surface area (Å²) in [6, 6.07) is -1.56. The number of urea groups is 1. The zero-order chi connectivity index (χ0) is 14.3. The Morgan fingerprint density at radius 2 is 2.05 bits per heavy atom. The Morgan fingerprint density at radius 3 is 2.68 bits per heavy atom. The molecule has 4 N–H and O–H groups in total. The van der Waals surface area contributed by atoms with Crippen molar-refractivity contribution < 1.29 is 24.2 Å². The van der Waals surface area contributed by atoms with Gasteiger partial charge in [0.1, 0.15) is 6.04 Å². The lowest BCUT2D eigenvalue weighted by atomic mass is 10.1. The molecule has 0 aliphatic carbocycles. The lowest BCUT2D eigenvalue weighted by Gasteiger charge is -2.23. The van der Waals surface area contributed by atoms with Gasteiger partial charge < -0.3 is 25.8 Å². The number of nitrogens with two attached hydrogens (primary N) is 1. The number of nitrogens with zero attached hydrogens (tertiary/aromatic N) is 1. The van der Waals surface area contributed by atoms with Gasteiger partial charge in [0.25, 0.3) is 0 Å². The number of primary amides is 1. The van der Waals surface area contributed by atoms with Gasteiger partial charge in [0.05, 0.1) is 6.61 Å². The Bertz CT molecular complexity index is 339. The van der Waals surface area contributed by atoms with Gasteiger partial charge in [0, 0.05) is 26.1 Å². The second kappa shape index (κ2) is 7.57. The van der Waals surface area contributed by atoms with Gasteiger partial charge in [-0.25, -0.2) is 9.59 Å². The summed E-state index contributed by atoms with van der Waals surface area (Å²) in [5.74, 6) is -1.77. The summed E-state index contributed by atoms with van der Waals surface area (Å²) in [5, 5.41) is 11.4. The van der Waals surface area contributed by atoms with Crippen LogP contribution in [0.2, 0.25) is 0 Å². The van der Waals surface area contributed by atoms with E-state index >= 15 is 0 Å². The van der Waals surface area contributed by atoms with E-state index in [-0.39, 0.29) is 12.8 Å². The highest BCUT2D eigenvalue weighted by atomic mass is 16.5. The van der Waals surface area contributed by atoms with Gasteiger partial charge in [-0.1, -0.05) is 0 Å². The van der Waals surface area contributed by atoms with Crippen LogP contribution in [0.25, 0.3) is 0 Å². The van der Waals surface area contributed by atoms with Crippen molar-refractivity contribution in [3.63, 3.8) is 0 Å². The summed E-state index contributed by atoms with van der Waals surface area (Å²) in [5.41, 5.74) is 4.96. The van der Waals surface area contributed by atoms with Crippen LogP contribution in [0.15, 0.2) is 0 Å². The zero-order valence-electron chi connectivity index (χ0n) is 10.6. The van der Waals surface area contributed by atoms with Crippen LogP contribution in [-0.2, 0) is 14.3 Å². The number of amides is 3. The van der Waals surface area contributed by atoms with Gasteiger partial charge in [-0.05, 0) is 12.8 Å². The third kappa shape index (κ3) is 5.56. The van der Waals surface area contributed by atoms with Crippen LogP contribution in [0.4, 0.5) is 4.79 Å². The molecule has 0 bridgehead atoms. The molecule has 1 aliphatic rings. The summed E-state index contributed by atoms with van der Waals surface area (Å²) < 4.78 is 5.21. The maximum absolute atomic E-state index is 11.9. The molecule has 1 heterocycles. The highest BCUT2D eigenvalue weighted by Gasteiger charge is 2.24. The smallest absolute Gasteiger partial charge is 0.326 e. The molecular weight excluding hydrogens is 254 g/mol. The highest BCUT2D eigenvalue weighted by molar-refractivity contribution is 5.83. The molecule has 1 saturated heterocycles. The number of hydrogen-bond acceptors (Lipinski definition) is 4. The van der Waals surface area contributed by atoms with Gasteiger partial charge in [-0.2, -0.15) is 0 Å². The molecule has 0 spiro atoms. The third-order valence-electron chi connectivity index (χ3n) is 2.78. The number of hydrogen-bond donors (Lipinski definition) is 3. The first-order chi connectivity index (χ1) is 9.00. The van der Waals surface area contributed by atoms with Crippen LogP contribution < -0.4 is 11.1 Å². The average molecular weight is 273 g/mol. The molecule has 1 fully saturated rings. The molecule has 108 valence electrons. The monoisotopic (exact) mass is 273 g/mol. The van der Waals surface area contributed by atoms with Crippen molar-refractivity contribution in [2.24, 2.45) is 5.73 Å². The molecule has 0 saturated carbocycles. The van der Waals surface area contributed by atoms with E-state index in [2.05, 4.69) is 5.32 Å². The number of aliphatic carboxylic acids is 1. The Kier molecular flexibility index (Phi) is 6.07. The van der Waals surface area contributed by atoms with Crippen molar-refractivity contribution >= 4 is 17.9 Å². The van der Waals surface area contributed by atoms with E-state index in [0.29, 0.717) is 32.7 Å². The number of rotatable bonds is 5. The standard InChI is InChI=1S/C11H19N3O5/c12-9(15)3-2-8(10(16)17)13-11(18)14-4-1-6-19-7-5-14/h8H,1-7H2,(H2,12,15)(H,13,18)(H,16,17)/t8-/m1/s1. The quantitative estimate of drug-likeness (QED) is 0.601. The van der Waals surface area contributed by atoms with Gasteiger partial charge >= 0.3 is 12.0 Å². The van der Waals surface area contributed by atoms with Crippen molar-refractivity contribution in [3.8, 4) is 0 Å². The van der Waals surface area contributed by atoms with Gasteiger partial charge in [-0.15, -0.1) is 0 Å². The molecule has 0 aromatic carbocycles. The lowest BCUT2D eigenvalue weighted by Crippen LogP contribution is -2.48. The fourth-order valence-corrected chi connectivity index (χ4v) is 1.73. The van der Waals surface area contributed by atoms with Gasteiger partial charge in [0.15, 0.2) is 0 Å². The third-order valence-corrected chi connectivity index (χ3v) is 2.78. The van der Waals surface area contributed by atoms with Crippen LogP contribution in [0.5, 0.6) is 0 Å². The zero-order valence-corrected chi connectivity index (χ0v) is 10.6. The second-order valence-electron chi connectivity index (χ2n) is 4.30. The normalized spacial score (nSPS) is 17.4. The van der Waals surface area contributed by atoms with Crippen LogP contribution in [-0.4, -0.2) is 60.3 Å². The Morgan fingerprint density at radius 1 is 1.32 bits per heavy atom. The maximum atomic E-state index is 11.9. The average Bonchev–Trinajstić information content (AvgIpc) is 2.62. The minimum absolute atomic E-state index is 0.0131. The van der Waals surface area contributed by atoms with E-state index in [1.807, 2.05) is 0 Å². The molecule has 1 rings (SSSR count). The van der Waals surface area contributed by atoms with Crippen molar-refractivity contribution in [1.29, 1.82) is 0 Å². The molecule has 8 heteroatoms. The first-order valence-electron chi connectivity index (χ1n) is 6.15. The van der Waals surface area contributed by atoms with Gasteiger partial charge in [-0.3, -0.25) is 4.79 Å². The number of ether oxygens (including phenoxy) is 1. The molecule has 19 heavy (non-hydrogen) atoms. The van der Waals surface area contributed by atoms with E-state index in [1.54, 1.807) is 0 Å². The van der Waals surface area contributed by atoms with E-state index < -0.39 is 23.9 Å². The van der Waals surface area contributed by atoms with E-state index in [9.17, 15) is 14.4 Å². The fraction of sp³-hybridized carbons (Fsp3) is 0.727. The Labute approximate surface area is 110 Å². The molecule has 0 aromatic heterocycles. The molecule has 8 nitrogen and oxygen atoms in total. The summed E-state index contributed by atoms with van der Waals surface area (Å²) in [6.07, 6.45) is 0.619. The molecular formula is C11H19N3O5. The topological polar surface area (TPSA) is 122 Å². The first kappa shape index (κ1) is 15.2. The number of nitrogens with one attached hydrogen (secondary N) is 1. The largest absolute Gasteiger partial charge is 0.480 e. The van der Waals surface area contributed by atoms with Crippen molar-refractivity contribution in [1.82, 2.24) is 10.2 Å². The first-order valence-corrected chi connectivity index (χ1v) is 6.15. The number of carbonyl (C=O) groups is 3. The summed E-state index contributed by atoms with van der Waals surface area (Å²) in [7, 11) is 0. The minimum atomic E-state index is -1.18. The molecule has 1 atom stereocenters. The molecule has 1 aliphatic heterocycles. The van der Waals surface area contributed by atoms with Crippen LogP contribution in [0, 0.1) is 0 Å². The lowest BCUT2D eigenvalue weighted by molar-refractivity contribution is -0.139. The van der Waals surface area contributed by atoms with Crippen LogP contribution >= 0.6 is 0 Å². The highest BCUT2D eigenvalue weighted by Crippen LogP contribution is 2.03. The van der Waals surface area contributed by atoms with Crippen molar-refractivity contribution in [2.75, 3.05) is 26.3 Å². The molecule has 0 aromatic rings. The summed E-state index contributed by atoms with van der Waals surface area (Å²) >= 11 is 0. The predicted octanol–water partition coefficient (Wildman–Crippen LogP) is -0.863.